The van der Waals surface area contributed by atoms with Crippen LogP contribution in [0.25, 0.3) is 0 Å². The van der Waals surface area contributed by atoms with Gasteiger partial charge in [-0.3, -0.25) is 4.79 Å². The fourth-order valence-corrected chi connectivity index (χ4v) is 3.37. The minimum atomic E-state index is -0.396. The minimum absolute atomic E-state index is 0.0830. The number of nitrogens with two attached hydrogens (primary N) is 1. The fourth-order valence-electron chi connectivity index (χ4n) is 2.27. The number of thioether (sulfide) groups is 1. The molecule has 7 heteroatoms. The maximum absolute atomic E-state index is 13.4. The van der Waals surface area contributed by atoms with E-state index < -0.39 is 5.91 Å². The van der Waals surface area contributed by atoms with Crippen molar-refractivity contribution >= 4 is 23.5 Å². The zero-order valence-corrected chi connectivity index (χ0v) is 11.9. The number of rotatable bonds is 2. The van der Waals surface area contributed by atoms with E-state index in [1.165, 1.54) is 24.5 Å². The van der Waals surface area contributed by atoms with Crippen LogP contribution in [0, 0.1) is 5.82 Å². The average Bonchev–Trinajstić information content (AvgIpc) is 2.48. The highest BCUT2D eigenvalue weighted by atomic mass is 32.2. The Balaban J connectivity index is 1.85. The number of nitrogens with zero attached hydrogens (tertiary/aromatic N) is 2. The molecular formula is C14H13FN4OS. The molecule has 1 aliphatic heterocycles. The first-order chi connectivity index (χ1) is 10.1. The van der Waals surface area contributed by atoms with Gasteiger partial charge in [-0.25, -0.2) is 14.4 Å². The molecule has 0 spiro atoms. The number of halogens is 1. The van der Waals surface area contributed by atoms with Crippen molar-refractivity contribution in [1.29, 1.82) is 0 Å². The summed E-state index contributed by atoms with van der Waals surface area (Å²) in [7, 11) is 0. The summed E-state index contributed by atoms with van der Waals surface area (Å²) in [4.78, 5) is 21.0. The molecule has 1 atom stereocenters. The van der Waals surface area contributed by atoms with E-state index in [-0.39, 0.29) is 23.4 Å². The Morgan fingerprint density at radius 1 is 1.38 bits per heavy atom. The Bertz CT molecular complexity index is 694. The van der Waals surface area contributed by atoms with E-state index in [1.807, 2.05) is 0 Å². The number of carbonyl (C=O) groups excluding carboxylic acids is 1. The number of hydrogen-bond acceptors (Lipinski definition) is 5. The zero-order valence-electron chi connectivity index (χ0n) is 11.0. The monoisotopic (exact) mass is 304 g/mol. The lowest BCUT2D eigenvalue weighted by Crippen LogP contribution is -2.32. The predicted octanol–water partition coefficient (Wildman–Crippen LogP) is 2.16. The molecule has 0 radical (unpaired) electrons. The summed E-state index contributed by atoms with van der Waals surface area (Å²) in [6, 6.07) is 4.39. The highest BCUT2D eigenvalue weighted by Crippen LogP contribution is 2.36. The first-order valence-electron chi connectivity index (χ1n) is 6.45. The number of nitrogens with one attached hydrogen (secondary N) is 1. The van der Waals surface area contributed by atoms with E-state index >= 15 is 0 Å². The van der Waals surface area contributed by atoms with Crippen LogP contribution in [0.15, 0.2) is 35.5 Å². The Kier molecular flexibility index (Phi) is 3.74. The number of nitrogen functional groups attached to an aromatic ring is 1. The second-order valence-electron chi connectivity index (χ2n) is 4.64. The molecule has 1 aromatic heterocycles. The van der Waals surface area contributed by atoms with Crippen LogP contribution in [0.1, 0.15) is 28.5 Å². The van der Waals surface area contributed by atoms with Crippen LogP contribution in [-0.4, -0.2) is 21.6 Å². The van der Waals surface area contributed by atoms with Crippen LogP contribution in [0.2, 0.25) is 0 Å². The third-order valence-electron chi connectivity index (χ3n) is 3.26. The average molecular weight is 304 g/mol. The van der Waals surface area contributed by atoms with Crippen LogP contribution in [0.3, 0.4) is 0 Å². The number of fused-ring (bicyclic) bond motifs is 1. The summed E-state index contributed by atoms with van der Waals surface area (Å²) in [6.45, 7) is 0. The van der Waals surface area contributed by atoms with Gasteiger partial charge in [0.2, 0.25) is 0 Å². The van der Waals surface area contributed by atoms with Gasteiger partial charge in [-0.2, -0.15) is 0 Å². The van der Waals surface area contributed by atoms with Crippen molar-refractivity contribution in [3.05, 3.63) is 47.7 Å². The molecule has 108 valence electrons. The molecule has 0 saturated carbocycles. The molecular weight excluding hydrogens is 291 g/mol. The summed E-state index contributed by atoms with van der Waals surface area (Å²) in [6.07, 6.45) is 3.57. The SMILES string of the molecule is Nc1nccnc1C(=O)NC1CCSc2ccc(F)cc21. The van der Waals surface area contributed by atoms with Gasteiger partial charge in [0.25, 0.3) is 5.91 Å². The van der Waals surface area contributed by atoms with E-state index in [1.54, 1.807) is 17.8 Å². The molecule has 0 bridgehead atoms. The van der Waals surface area contributed by atoms with Crippen LogP contribution < -0.4 is 11.1 Å². The number of amides is 1. The normalized spacial score (nSPS) is 17.1. The van der Waals surface area contributed by atoms with E-state index in [9.17, 15) is 9.18 Å². The Hall–Kier alpha value is -2.15. The van der Waals surface area contributed by atoms with Gasteiger partial charge in [0, 0.05) is 23.0 Å². The highest BCUT2D eigenvalue weighted by Gasteiger charge is 2.24. The lowest BCUT2D eigenvalue weighted by Gasteiger charge is -2.25. The standard InChI is InChI=1S/C14H13FN4OS/c15-8-1-2-11-9(7-8)10(3-6-21-11)19-14(20)12-13(16)18-5-4-17-12/h1-2,4-5,7,10H,3,6H2,(H2,16,18)(H,19,20). The molecule has 5 nitrogen and oxygen atoms in total. The summed E-state index contributed by atoms with van der Waals surface area (Å²) < 4.78 is 13.4. The largest absolute Gasteiger partial charge is 0.382 e. The van der Waals surface area contributed by atoms with E-state index in [2.05, 4.69) is 15.3 Å². The van der Waals surface area contributed by atoms with Gasteiger partial charge in [-0.15, -0.1) is 11.8 Å². The first-order valence-corrected chi connectivity index (χ1v) is 7.43. The van der Waals surface area contributed by atoms with Crippen molar-refractivity contribution in [2.45, 2.75) is 17.4 Å². The van der Waals surface area contributed by atoms with E-state index in [4.69, 9.17) is 5.73 Å². The molecule has 1 aromatic carbocycles. The number of carbonyl (C=O) groups is 1. The molecule has 1 amide bonds. The number of anilines is 1. The van der Waals surface area contributed by atoms with Gasteiger partial charge < -0.3 is 11.1 Å². The van der Waals surface area contributed by atoms with Crippen LogP contribution in [0.5, 0.6) is 0 Å². The molecule has 1 aliphatic rings. The highest BCUT2D eigenvalue weighted by molar-refractivity contribution is 7.99. The smallest absolute Gasteiger partial charge is 0.274 e. The van der Waals surface area contributed by atoms with Gasteiger partial charge in [-0.1, -0.05) is 0 Å². The molecule has 21 heavy (non-hydrogen) atoms. The van der Waals surface area contributed by atoms with Crippen LogP contribution in [0.4, 0.5) is 10.2 Å². The molecule has 2 aromatic rings. The predicted molar refractivity (Wildman–Crippen MR) is 78.4 cm³/mol. The van der Waals surface area contributed by atoms with Crippen molar-refractivity contribution in [3.63, 3.8) is 0 Å². The fraction of sp³-hybridized carbons (Fsp3) is 0.214. The first kappa shape index (κ1) is 13.8. The topological polar surface area (TPSA) is 80.9 Å². The Morgan fingerprint density at radius 2 is 2.19 bits per heavy atom. The van der Waals surface area contributed by atoms with Crippen molar-refractivity contribution in [3.8, 4) is 0 Å². The number of benzene rings is 1. The third-order valence-corrected chi connectivity index (χ3v) is 4.38. The molecule has 1 unspecified atom stereocenters. The summed E-state index contributed by atoms with van der Waals surface area (Å²) in [5, 5.41) is 2.86. The third kappa shape index (κ3) is 2.82. The van der Waals surface area contributed by atoms with Gasteiger partial charge in [0.15, 0.2) is 11.5 Å². The van der Waals surface area contributed by atoms with Gasteiger partial charge in [0.1, 0.15) is 5.82 Å². The van der Waals surface area contributed by atoms with Crippen molar-refractivity contribution < 1.29 is 9.18 Å². The van der Waals surface area contributed by atoms with Gasteiger partial charge in [-0.05, 0) is 30.2 Å². The zero-order chi connectivity index (χ0) is 14.8. The van der Waals surface area contributed by atoms with E-state index in [0.717, 1.165) is 22.6 Å². The van der Waals surface area contributed by atoms with Crippen LogP contribution in [-0.2, 0) is 0 Å². The molecule has 0 saturated heterocycles. The molecule has 3 rings (SSSR count). The van der Waals surface area contributed by atoms with Gasteiger partial charge >= 0.3 is 0 Å². The summed E-state index contributed by atoms with van der Waals surface area (Å²) in [5.74, 6) is 0.237. The summed E-state index contributed by atoms with van der Waals surface area (Å²) >= 11 is 1.66. The number of hydrogen-bond donors (Lipinski definition) is 2. The number of aromatic nitrogens is 2. The molecule has 2 heterocycles. The van der Waals surface area contributed by atoms with E-state index in [0.29, 0.717) is 0 Å². The van der Waals surface area contributed by atoms with Crippen molar-refractivity contribution in [2.75, 3.05) is 11.5 Å². The minimum Gasteiger partial charge on any atom is -0.382 e. The molecule has 0 aliphatic carbocycles. The molecule has 0 fully saturated rings. The van der Waals surface area contributed by atoms with Crippen molar-refractivity contribution in [2.24, 2.45) is 0 Å². The van der Waals surface area contributed by atoms with Crippen molar-refractivity contribution in [1.82, 2.24) is 15.3 Å². The Labute approximate surface area is 125 Å². The lowest BCUT2D eigenvalue weighted by molar-refractivity contribution is 0.0930. The Morgan fingerprint density at radius 3 is 3.00 bits per heavy atom. The lowest BCUT2D eigenvalue weighted by atomic mass is 10.0. The van der Waals surface area contributed by atoms with Gasteiger partial charge in [0.05, 0.1) is 6.04 Å². The second-order valence-corrected chi connectivity index (χ2v) is 5.77. The molecule has 3 N–H and O–H groups in total. The maximum atomic E-state index is 13.4. The summed E-state index contributed by atoms with van der Waals surface area (Å²) in [5.41, 5.74) is 6.53. The second kappa shape index (κ2) is 5.69. The van der Waals surface area contributed by atoms with Crippen LogP contribution >= 0.6 is 11.8 Å². The quantitative estimate of drug-likeness (QED) is 0.888. The maximum Gasteiger partial charge on any atom is 0.274 e.